The van der Waals surface area contributed by atoms with Gasteiger partial charge in [-0.3, -0.25) is 18.8 Å². The zero-order chi connectivity index (χ0) is 24.5. The number of nitrogens with zero attached hydrogens (tertiary/aromatic N) is 4. The van der Waals surface area contributed by atoms with Crippen molar-refractivity contribution in [2.45, 2.75) is 26.4 Å². The van der Waals surface area contributed by atoms with Crippen molar-refractivity contribution in [2.24, 2.45) is 4.99 Å². The first-order valence-electron chi connectivity index (χ1n) is 11.1. The number of fused-ring (bicyclic) bond motifs is 1. The van der Waals surface area contributed by atoms with Crippen molar-refractivity contribution in [2.75, 3.05) is 5.32 Å². The number of nitrogens with one attached hydrogen (secondary N) is 1. The number of aryl methyl sites for hydroxylation is 1. The molecule has 1 aliphatic rings. The van der Waals surface area contributed by atoms with Crippen LogP contribution in [0.25, 0.3) is 6.08 Å². The molecule has 7 nitrogen and oxygen atoms in total. The maximum Gasteiger partial charge on any atom is 0.271 e. The van der Waals surface area contributed by atoms with E-state index in [-0.39, 0.29) is 11.5 Å². The van der Waals surface area contributed by atoms with Crippen molar-refractivity contribution >= 4 is 40.6 Å². The Bertz CT molecular complexity index is 1610. The predicted octanol–water partition coefficient (Wildman–Crippen LogP) is 3.74. The topological polar surface area (TPSA) is 81.3 Å². The van der Waals surface area contributed by atoms with E-state index in [1.807, 2.05) is 61.7 Å². The molecule has 2 aromatic heterocycles. The Balaban J connectivity index is 1.66. The molecule has 3 heterocycles. The summed E-state index contributed by atoms with van der Waals surface area (Å²) in [5.41, 5.74) is 2.86. The minimum atomic E-state index is -0.650. The van der Waals surface area contributed by atoms with E-state index < -0.39 is 6.04 Å². The second-order valence-corrected chi connectivity index (χ2v) is 9.50. The molecule has 9 heteroatoms. The van der Waals surface area contributed by atoms with Crippen molar-refractivity contribution in [1.82, 2.24) is 14.3 Å². The number of para-hydroxylation sites is 1. The van der Waals surface area contributed by atoms with E-state index in [1.54, 1.807) is 34.4 Å². The van der Waals surface area contributed by atoms with Gasteiger partial charge in [-0.25, -0.2) is 4.99 Å². The van der Waals surface area contributed by atoms with E-state index in [1.165, 1.54) is 11.3 Å². The number of rotatable bonds is 5. The molecule has 1 N–H and O–H groups in total. The highest BCUT2D eigenvalue weighted by atomic mass is 35.5. The molecular formula is C26H22ClN5O2S. The number of benzene rings is 2. The second kappa shape index (κ2) is 9.48. The fourth-order valence-electron chi connectivity index (χ4n) is 4.06. The highest BCUT2D eigenvalue weighted by molar-refractivity contribution is 7.07. The van der Waals surface area contributed by atoms with Crippen LogP contribution < -0.4 is 20.2 Å². The summed E-state index contributed by atoms with van der Waals surface area (Å²) in [5.74, 6) is -0.312. The van der Waals surface area contributed by atoms with Gasteiger partial charge in [0, 0.05) is 23.5 Å². The standard InChI is InChI=1S/C26H22ClN5O2S/c1-3-31-14-13-20(30-31)15-21-25(34)32-23(17-9-11-18(27)12-10-17)22(16(2)28-26(32)35-21)24(33)29-19-7-5-4-6-8-19/h4-15,23H,3H2,1-2H3,(H,29,33). The monoisotopic (exact) mass is 503 g/mol. The smallest absolute Gasteiger partial charge is 0.271 e. The van der Waals surface area contributed by atoms with Gasteiger partial charge in [-0.05, 0) is 55.8 Å². The van der Waals surface area contributed by atoms with Gasteiger partial charge in [0.1, 0.15) is 0 Å². The number of anilines is 1. The molecule has 1 unspecified atom stereocenters. The zero-order valence-corrected chi connectivity index (χ0v) is 20.7. The SMILES string of the molecule is CCn1ccc(C=c2sc3n(c2=O)C(c2ccc(Cl)cc2)C(C(=O)Nc2ccccc2)=C(C)N=3)n1. The lowest BCUT2D eigenvalue weighted by molar-refractivity contribution is -0.113. The van der Waals surface area contributed by atoms with E-state index >= 15 is 0 Å². The lowest BCUT2D eigenvalue weighted by Crippen LogP contribution is -2.40. The minimum absolute atomic E-state index is 0.225. The van der Waals surface area contributed by atoms with Gasteiger partial charge in [0.15, 0.2) is 4.80 Å². The number of hydrogen-bond donors (Lipinski definition) is 1. The number of thiazole rings is 1. The van der Waals surface area contributed by atoms with Crippen LogP contribution in [0.5, 0.6) is 0 Å². The number of halogens is 1. The highest BCUT2D eigenvalue weighted by Gasteiger charge is 2.32. The lowest BCUT2D eigenvalue weighted by Gasteiger charge is -2.25. The summed E-state index contributed by atoms with van der Waals surface area (Å²) in [6, 6.07) is 17.6. The molecule has 5 rings (SSSR count). The predicted molar refractivity (Wildman–Crippen MR) is 138 cm³/mol. The summed E-state index contributed by atoms with van der Waals surface area (Å²) >= 11 is 7.42. The Labute approximate surface area is 210 Å². The number of allylic oxidation sites excluding steroid dienone is 1. The summed E-state index contributed by atoms with van der Waals surface area (Å²) in [6.45, 7) is 4.54. The summed E-state index contributed by atoms with van der Waals surface area (Å²) in [6.07, 6.45) is 3.63. The maximum atomic E-state index is 13.6. The van der Waals surface area contributed by atoms with Gasteiger partial charge in [0.05, 0.1) is 27.5 Å². The van der Waals surface area contributed by atoms with Crippen LogP contribution in [-0.4, -0.2) is 20.3 Å². The fourth-order valence-corrected chi connectivity index (χ4v) is 5.21. The average molecular weight is 504 g/mol. The molecule has 176 valence electrons. The first-order chi connectivity index (χ1) is 16.9. The van der Waals surface area contributed by atoms with Crippen molar-refractivity contribution in [1.29, 1.82) is 0 Å². The molecule has 1 aliphatic heterocycles. The Morgan fingerprint density at radius 2 is 1.89 bits per heavy atom. The molecular weight excluding hydrogens is 482 g/mol. The van der Waals surface area contributed by atoms with Crippen LogP contribution in [0.4, 0.5) is 5.69 Å². The van der Waals surface area contributed by atoms with Crippen LogP contribution in [-0.2, 0) is 11.3 Å². The summed E-state index contributed by atoms with van der Waals surface area (Å²) < 4.78 is 3.89. The molecule has 0 saturated carbocycles. The van der Waals surface area contributed by atoms with Crippen LogP contribution in [0.3, 0.4) is 0 Å². The van der Waals surface area contributed by atoms with E-state index in [2.05, 4.69) is 15.4 Å². The van der Waals surface area contributed by atoms with Gasteiger partial charge in [-0.15, -0.1) is 0 Å². The van der Waals surface area contributed by atoms with Crippen molar-refractivity contribution in [3.05, 3.63) is 114 Å². The van der Waals surface area contributed by atoms with Crippen LogP contribution in [0.1, 0.15) is 31.1 Å². The molecule has 1 amide bonds. The molecule has 0 radical (unpaired) electrons. The Kier molecular flexibility index (Phi) is 6.23. The molecule has 0 saturated heterocycles. The van der Waals surface area contributed by atoms with E-state index in [4.69, 9.17) is 11.6 Å². The van der Waals surface area contributed by atoms with E-state index in [0.29, 0.717) is 37.0 Å². The van der Waals surface area contributed by atoms with Gasteiger partial charge >= 0.3 is 0 Å². The normalized spacial score (nSPS) is 15.6. The van der Waals surface area contributed by atoms with Gasteiger partial charge in [0.2, 0.25) is 0 Å². The third kappa shape index (κ3) is 4.50. The molecule has 0 aliphatic carbocycles. The van der Waals surface area contributed by atoms with Crippen LogP contribution in [0.2, 0.25) is 5.02 Å². The molecule has 4 aromatic rings. The number of amides is 1. The van der Waals surface area contributed by atoms with Crippen molar-refractivity contribution in [3.8, 4) is 0 Å². The van der Waals surface area contributed by atoms with Crippen molar-refractivity contribution in [3.63, 3.8) is 0 Å². The Hall–Kier alpha value is -3.75. The van der Waals surface area contributed by atoms with E-state index in [9.17, 15) is 9.59 Å². The number of carbonyl (C=O) groups is 1. The summed E-state index contributed by atoms with van der Waals surface area (Å²) in [7, 11) is 0. The minimum Gasteiger partial charge on any atom is -0.322 e. The molecule has 2 aromatic carbocycles. The van der Waals surface area contributed by atoms with Gasteiger partial charge in [-0.2, -0.15) is 5.10 Å². The third-order valence-electron chi connectivity index (χ3n) is 5.75. The van der Waals surface area contributed by atoms with Crippen LogP contribution in [0.15, 0.2) is 87.9 Å². The fraction of sp³-hybridized carbons (Fsp3) is 0.154. The highest BCUT2D eigenvalue weighted by Crippen LogP contribution is 2.31. The number of carbonyl (C=O) groups excluding carboxylic acids is 1. The largest absolute Gasteiger partial charge is 0.322 e. The zero-order valence-electron chi connectivity index (χ0n) is 19.1. The van der Waals surface area contributed by atoms with Gasteiger partial charge in [0.25, 0.3) is 11.5 Å². The Morgan fingerprint density at radius 3 is 2.57 bits per heavy atom. The maximum absolute atomic E-state index is 13.6. The Morgan fingerprint density at radius 1 is 1.14 bits per heavy atom. The summed E-state index contributed by atoms with van der Waals surface area (Å²) in [5, 5.41) is 7.98. The summed E-state index contributed by atoms with van der Waals surface area (Å²) in [4.78, 5) is 32.3. The molecule has 35 heavy (non-hydrogen) atoms. The lowest BCUT2D eigenvalue weighted by atomic mass is 9.95. The first-order valence-corrected chi connectivity index (χ1v) is 12.3. The molecule has 0 fully saturated rings. The van der Waals surface area contributed by atoms with E-state index in [0.717, 1.165) is 12.1 Å². The quantitative estimate of drug-likeness (QED) is 0.450. The van der Waals surface area contributed by atoms with Crippen LogP contribution in [0, 0.1) is 0 Å². The van der Waals surface area contributed by atoms with Crippen LogP contribution >= 0.6 is 22.9 Å². The van der Waals surface area contributed by atoms with Gasteiger partial charge in [-0.1, -0.05) is 53.3 Å². The second-order valence-electron chi connectivity index (χ2n) is 8.05. The third-order valence-corrected chi connectivity index (χ3v) is 6.98. The number of aromatic nitrogens is 3. The van der Waals surface area contributed by atoms with Crippen molar-refractivity contribution < 1.29 is 4.79 Å². The molecule has 1 atom stereocenters. The number of hydrogen-bond acceptors (Lipinski definition) is 5. The molecule has 0 bridgehead atoms. The van der Waals surface area contributed by atoms with Gasteiger partial charge < -0.3 is 5.32 Å². The first kappa shape index (κ1) is 23.0. The average Bonchev–Trinajstić information content (AvgIpc) is 3.43. The molecule has 0 spiro atoms.